The molecular formula is C20H21FN4O4S. The first-order chi connectivity index (χ1) is 14.4. The van der Waals surface area contributed by atoms with Crippen molar-refractivity contribution in [3.05, 3.63) is 65.7 Å². The lowest BCUT2D eigenvalue weighted by atomic mass is 10.1. The smallest absolute Gasteiger partial charge is 0.209 e. The Balaban J connectivity index is 1.44. The van der Waals surface area contributed by atoms with E-state index in [0.717, 1.165) is 0 Å². The van der Waals surface area contributed by atoms with E-state index >= 15 is 0 Å². The van der Waals surface area contributed by atoms with Gasteiger partial charge >= 0.3 is 0 Å². The lowest BCUT2D eigenvalue weighted by Crippen LogP contribution is -2.21. The van der Waals surface area contributed by atoms with Crippen molar-refractivity contribution in [3.8, 4) is 11.5 Å². The molecule has 1 unspecified atom stereocenters. The Morgan fingerprint density at radius 3 is 2.43 bits per heavy atom. The lowest BCUT2D eigenvalue weighted by Gasteiger charge is -2.12. The molecule has 0 bridgehead atoms. The first-order valence-corrected chi connectivity index (χ1v) is 10.0. The standard InChI is InChI=1S/C20H21FN4O4S/c1-13(26)14-2-6-17(7-3-14)28-10-16(27)12-30-20-24-23-19(25(20)22)11-29-18-8-4-15(21)5-9-18/h2-9,16,27H,10-12,22H2,1H3. The summed E-state index contributed by atoms with van der Waals surface area (Å²) in [5, 5.41) is 18.5. The molecule has 0 aliphatic carbocycles. The summed E-state index contributed by atoms with van der Waals surface area (Å²) in [6.45, 7) is 1.64. The fourth-order valence-electron chi connectivity index (χ4n) is 2.38. The Kier molecular flexibility index (Phi) is 7.26. The fraction of sp³-hybridized carbons (Fsp3) is 0.250. The maximum Gasteiger partial charge on any atom is 0.209 e. The van der Waals surface area contributed by atoms with Gasteiger partial charge in [-0.05, 0) is 55.5 Å². The number of ether oxygens (including phenoxy) is 2. The van der Waals surface area contributed by atoms with E-state index in [1.165, 1.54) is 47.6 Å². The van der Waals surface area contributed by atoms with Crippen LogP contribution in [-0.4, -0.2) is 44.2 Å². The van der Waals surface area contributed by atoms with Crippen LogP contribution in [0.4, 0.5) is 4.39 Å². The predicted octanol–water partition coefficient (Wildman–Crippen LogP) is 2.44. The molecule has 0 aliphatic heterocycles. The molecule has 10 heteroatoms. The highest BCUT2D eigenvalue weighted by atomic mass is 32.2. The van der Waals surface area contributed by atoms with Crippen LogP contribution in [-0.2, 0) is 6.61 Å². The van der Waals surface area contributed by atoms with E-state index in [2.05, 4.69) is 10.2 Å². The number of hydrogen-bond acceptors (Lipinski definition) is 8. The summed E-state index contributed by atoms with van der Waals surface area (Å²) >= 11 is 1.23. The van der Waals surface area contributed by atoms with Gasteiger partial charge in [-0.2, -0.15) is 0 Å². The molecule has 30 heavy (non-hydrogen) atoms. The number of hydrogen-bond donors (Lipinski definition) is 2. The van der Waals surface area contributed by atoms with Crippen LogP contribution in [0.2, 0.25) is 0 Å². The number of benzene rings is 2. The first kappa shape index (κ1) is 21.6. The summed E-state index contributed by atoms with van der Waals surface area (Å²) in [6.07, 6.45) is -0.766. The number of carbonyl (C=O) groups is 1. The topological polar surface area (TPSA) is 112 Å². The summed E-state index contributed by atoms with van der Waals surface area (Å²) < 4.78 is 25.2. The lowest BCUT2D eigenvalue weighted by molar-refractivity contribution is 0.101. The monoisotopic (exact) mass is 432 g/mol. The predicted molar refractivity (Wildman–Crippen MR) is 110 cm³/mol. The van der Waals surface area contributed by atoms with Crippen molar-refractivity contribution in [2.75, 3.05) is 18.2 Å². The molecule has 158 valence electrons. The van der Waals surface area contributed by atoms with Crippen molar-refractivity contribution in [2.45, 2.75) is 24.8 Å². The molecular weight excluding hydrogens is 411 g/mol. The molecule has 0 radical (unpaired) electrons. The van der Waals surface area contributed by atoms with E-state index in [0.29, 0.717) is 33.8 Å². The van der Waals surface area contributed by atoms with Crippen molar-refractivity contribution < 1.29 is 23.8 Å². The highest BCUT2D eigenvalue weighted by Crippen LogP contribution is 2.18. The van der Waals surface area contributed by atoms with Crippen molar-refractivity contribution in [1.29, 1.82) is 0 Å². The quantitative estimate of drug-likeness (QED) is 0.285. The average molecular weight is 432 g/mol. The molecule has 1 atom stereocenters. The Hall–Kier alpha value is -3.11. The third-order valence-corrected chi connectivity index (χ3v) is 5.11. The summed E-state index contributed by atoms with van der Waals surface area (Å²) in [6, 6.07) is 12.3. The number of halogens is 1. The largest absolute Gasteiger partial charge is 0.491 e. The third-order valence-electron chi connectivity index (χ3n) is 4.02. The van der Waals surface area contributed by atoms with E-state index in [4.69, 9.17) is 15.3 Å². The minimum absolute atomic E-state index is 0.0219. The van der Waals surface area contributed by atoms with E-state index in [-0.39, 0.29) is 24.8 Å². The van der Waals surface area contributed by atoms with E-state index in [9.17, 15) is 14.3 Å². The van der Waals surface area contributed by atoms with Crippen LogP contribution in [0.25, 0.3) is 0 Å². The number of nitrogens with zero attached hydrogens (tertiary/aromatic N) is 3. The van der Waals surface area contributed by atoms with Gasteiger partial charge in [0.25, 0.3) is 0 Å². The van der Waals surface area contributed by atoms with Crippen molar-refractivity contribution >= 4 is 17.5 Å². The number of rotatable bonds is 10. The van der Waals surface area contributed by atoms with Crippen LogP contribution in [0.15, 0.2) is 53.7 Å². The second kappa shape index (κ2) is 10.1. The summed E-state index contributed by atoms with van der Waals surface area (Å²) in [5.74, 6) is 7.33. The normalized spacial score (nSPS) is 11.8. The molecule has 1 heterocycles. The highest BCUT2D eigenvalue weighted by Gasteiger charge is 2.14. The summed E-state index contributed by atoms with van der Waals surface area (Å²) in [4.78, 5) is 11.3. The number of thioether (sulfide) groups is 1. The zero-order valence-electron chi connectivity index (χ0n) is 16.2. The zero-order chi connectivity index (χ0) is 21.5. The molecule has 3 rings (SSSR count). The Labute approximate surface area is 176 Å². The molecule has 3 aromatic rings. The van der Waals surface area contributed by atoms with Gasteiger partial charge in [0.15, 0.2) is 11.6 Å². The summed E-state index contributed by atoms with van der Waals surface area (Å²) in [5.41, 5.74) is 0.597. The SMILES string of the molecule is CC(=O)c1ccc(OCC(O)CSc2nnc(COc3ccc(F)cc3)n2N)cc1. The van der Waals surface area contributed by atoms with E-state index in [1.807, 2.05) is 0 Å². The maximum absolute atomic E-state index is 12.9. The van der Waals surface area contributed by atoms with Crippen LogP contribution in [0, 0.1) is 5.82 Å². The van der Waals surface area contributed by atoms with E-state index in [1.54, 1.807) is 24.3 Å². The van der Waals surface area contributed by atoms with Crippen LogP contribution in [0.1, 0.15) is 23.1 Å². The average Bonchev–Trinajstić information content (AvgIpc) is 3.10. The van der Waals surface area contributed by atoms with Crippen molar-refractivity contribution in [2.24, 2.45) is 0 Å². The summed E-state index contributed by atoms with van der Waals surface area (Å²) in [7, 11) is 0. The fourth-order valence-corrected chi connectivity index (χ4v) is 3.16. The van der Waals surface area contributed by atoms with E-state index < -0.39 is 6.10 Å². The number of ketones is 1. The van der Waals surface area contributed by atoms with Gasteiger partial charge in [-0.3, -0.25) is 4.79 Å². The van der Waals surface area contributed by atoms with Gasteiger partial charge in [-0.25, -0.2) is 9.07 Å². The number of Topliss-reactive ketones (excluding diaryl/α,β-unsaturated/α-hetero) is 1. The number of carbonyl (C=O) groups excluding carboxylic acids is 1. The molecule has 3 N–H and O–H groups in total. The Morgan fingerprint density at radius 1 is 1.13 bits per heavy atom. The van der Waals surface area contributed by atoms with Gasteiger partial charge in [0.1, 0.15) is 30.5 Å². The molecule has 1 aromatic heterocycles. The number of aliphatic hydroxyl groups is 1. The number of nitrogen functional groups attached to an aromatic ring is 1. The maximum atomic E-state index is 12.9. The number of aromatic nitrogens is 3. The van der Waals surface area contributed by atoms with Gasteiger partial charge in [-0.1, -0.05) is 11.8 Å². The zero-order valence-corrected chi connectivity index (χ0v) is 17.0. The van der Waals surface area contributed by atoms with Crippen LogP contribution >= 0.6 is 11.8 Å². The molecule has 0 fully saturated rings. The van der Waals surface area contributed by atoms with Crippen LogP contribution < -0.4 is 15.3 Å². The van der Waals surface area contributed by atoms with Gasteiger partial charge < -0.3 is 20.4 Å². The second-order valence-corrected chi connectivity index (χ2v) is 7.35. The molecule has 0 saturated heterocycles. The molecule has 0 aliphatic rings. The minimum Gasteiger partial charge on any atom is -0.491 e. The number of nitrogens with two attached hydrogens (primary N) is 1. The van der Waals surface area contributed by atoms with Crippen molar-refractivity contribution in [3.63, 3.8) is 0 Å². The third kappa shape index (κ3) is 5.94. The Morgan fingerprint density at radius 2 is 1.77 bits per heavy atom. The molecule has 8 nitrogen and oxygen atoms in total. The van der Waals surface area contributed by atoms with Crippen molar-refractivity contribution in [1.82, 2.24) is 14.9 Å². The van der Waals surface area contributed by atoms with Gasteiger partial charge in [-0.15, -0.1) is 10.2 Å². The molecule has 0 spiro atoms. The first-order valence-electron chi connectivity index (χ1n) is 9.05. The molecule has 2 aromatic carbocycles. The molecule has 0 saturated carbocycles. The highest BCUT2D eigenvalue weighted by molar-refractivity contribution is 7.99. The number of aliphatic hydroxyl groups excluding tert-OH is 1. The molecule has 0 amide bonds. The minimum atomic E-state index is -0.766. The van der Waals surface area contributed by atoms with Crippen LogP contribution in [0.5, 0.6) is 11.5 Å². The second-order valence-electron chi connectivity index (χ2n) is 6.37. The van der Waals surface area contributed by atoms with Crippen LogP contribution in [0.3, 0.4) is 0 Å². The van der Waals surface area contributed by atoms with Gasteiger partial charge in [0.05, 0.1) is 6.10 Å². The van der Waals surface area contributed by atoms with Gasteiger partial charge in [0, 0.05) is 11.3 Å². The van der Waals surface area contributed by atoms with Gasteiger partial charge in [0.2, 0.25) is 5.16 Å². The Bertz CT molecular complexity index is 979.